The molecule has 4 rings (SSSR count). The zero-order valence-corrected chi connectivity index (χ0v) is 14.8. The molecule has 0 saturated carbocycles. The summed E-state index contributed by atoms with van der Waals surface area (Å²) in [6.07, 6.45) is 1.76. The van der Waals surface area contributed by atoms with Crippen LogP contribution in [0.4, 0.5) is 4.39 Å². The van der Waals surface area contributed by atoms with Crippen LogP contribution >= 0.6 is 23.2 Å². The molecule has 124 valence electrons. The molecule has 0 unspecified atom stereocenters. The van der Waals surface area contributed by atoms with Gasteiger partial charge in [-0.25, -0.2) is 9.37 Å². The Labute approximate surface area is 154 Å². The van der Waals surface area contributed by atoms with E-state index < -0.39 is 0 Å². The number of imidazole rings is 1. The Morgan fingerprint density at radius 2 is 1.84 bits per heavy atom. The van der Waals surface area contributed by atoms with Crippen molar-refractivity contribution in [2.45, 2.75) is 6.92 Å². The zero-order valence-electron chi connectivity index (χ0n) is 13.3. The van der Waals surface area contributed by atoms with Gasteiger partial charge >= 0.3 is 0 Å². The highest BCUT2D eigenvalue weighted by Gasteiger charge is 2.15. The van der Waals surface area contributed by atoms with Gasteiger partial charge in [-0.1, -0.05) is 35.3 Å². The third kappa shape index (κ3) is 2.80. The fourth-order valence-electron chi connectivity index (χ4n) is 3.07. The normalized spacial score (nSPS) is 11.2. The monoisotopic (exact) mass is 370 g/mol. The van der Waals surface area contributed by atoms with Crippen molar-refractivity contribution in [2.24, 2.45) is 0 Å². The molecule has 0 N–H and O–H groups in total. The average Bonchev–Trinajstić information content (AvgIpc) is 2.98. The highest BCUT2D eigenvalue weighted by molar-refractivity contribution is 6.33. The molecule has 1 aromatic heterocycles. The largest absolute Gasteiger partial charge is 0.298 e. The van der Waals surface area contributed by atoms with E-state index in [0.717, 1.165) is 33.4 Å². The van der Waals surface area contributed by atoms with Gasteiger partial charge in [0.2, 0.25) is 0 Å². The average molecular weight is 371 g/mol. The van der Waals surface area contributed by atoms with Crippen molar-refractivity contribution in [1.82, 2.24) is 9.55 Å². The second kappa shape index (κ2) is 6.17. The quantitative estimate of drug-likeness (QED) is 0.396. The number of fused-ring (bicyclic) bond motifs is 1. The predicted molar refractivity (Wildman–Crippen MR) is 101 cm³/mol. The van der Waals surface area contributed by atoms with E-state index in [9.17, 15) is 4.39 Å². The summed E-state index contributed by atoms with van der Waals surface area (Å²) in [4.78, 5) is 4.44. The van der Waals surface area contributed by atoms with Crippen LogP contribution in [0.3, 0.4) is 0 Å². The summed E-state index contributed by atoms with van der Waals surface area (Å²) < 4.78 is 15.5. The summed E-state index contributed by atoms with van der Waals surface area (Å²) in [5, 5.41) is 1.02. The maximum Gasteiger partial charge on any atom is 0.124 e. The summed E-state index contributed by atoms with van der Waals surface area (Å²) in [5.74, 6) is -0.355. The Morgan fingerprint density at radius 1 is 1.00 bits per heavy atom. The van der Waals surface area contributed by atoms with Crippen LogP contribution in [0.2, 0.25) is 10.0 Å². The molecule has 2 nitrogen and oxygen atoms in total. The fraction of sp³-hybridized carbons (Fsp3) is 0.0500. The molecule has 0 bridgehead atoms. The fourth-order valence-corrected chi connectivity index (χ4v) is 3.50. The molecule has 0 aliphatic carbocycles. The summed E-state index contributed by atoms with van der Waals surface area (Å²) in [5.41, 5.74) is 5.45. The van der Waals surface area contributed by atoms with Crippen molar-refractivity contribution in [3.05, 3.63) is 82.4 Å². The minimum atomic E-state index is -0.355. The zero-order chi connectivity index (χ0) is 17.6. The van der Waals surface area contributed by atoms with E-state index in [1.54, 1.807) is 12.4 Å². The minimum Gasteiger partial charge on any atom is -0.298 e. The van der Waals surface area contributed by atoms with Gasteiger partial charge in [-0.15, -0.1) is 0 Å². The molecule has 25 heavy (non-hydrogen) atoms. The summed E-state index contributed by atoms with van der Waals surface area (Å²) in [6.45, 7) is 2.01. The van der Waals surface area contributed by atoms with Gasteiger partial charge in [0.15, 0.2) is 0 Å². The van der Waals surface area contributed by atoms with Crippen LogP contribution in [0, 0.1) is 12.7 Å². The topological polar surface area (TPSA) is 17.8 Å². The van der Waals surface area contributed by atoms with E-state index in [0.29, 0.717) is 10.0 Å². The first-order valence-electron chi connectivity index (χ1n) is 7.72. The molecule has 1 heterocycles. The van der Waals surface area contributed by atoms with Crippen molar-refractivity contribution in [2.75, 3.05) is 0 Å². The number of benzene rings is 3. The standard InChI is InChI=1S/C20H13Cl2FN2/c1-12-3-2-4-19(20(12)15-7-6-14(23)10-16(15)22)25-11-24-17-9-13(21)5-8-18(17)25/h2-11H,1H3. The molecule has 0 radical (unpaired) electrons. The predicted octanol–water partition coefficient (Wildman–Crippen LogP) is 6.45. The Balaban J connectivity index is 2.01. The van der Waals surface area contributed by atoms with Crippen molar-refractivity contribution >= 4 is 34.2 Å². The maximum absolute atomic E-state index is 13.5. The van der Waals surface area contributed by atoms with Gasteiger partial charge in [0.05, 0.1) is 21.7 Å². The van der Waals surface area contributed by atoms with Crippen molar-refractivity contribution in [1.29, 1.82) is 0 Å². The Hall–Kier alpha value is -2.36. The number of hydrogen-bond donors (Lipinski definition) is 0. The summed E-state index contributed by atoms with van der Waals surface area (Å²) >= 11 is 12.4. The van der Waals surface area contributed by atoms with Gasteiger partial charge in [0.25, 0.3) is 0 Å². The lowest BCUT2D eigenvalue weighted by Gasteiger charge is -2.15. The first-order valence-corrected chi connectivity index (χ1v) is 8.48. The highest BCUT2D eigenvalue weighted by atomic mass is 35.5. The molecule has 0 saturated heterocycles. The maximum atomic E-state index is 13.5. The number of nitrogens with zero attached hydrogens (tertiary/aromatic N) is 2. The van der Waals surface area contributed by atoms with Gasteiger partial charge in [-0.3, -0.25) is 4.57 Å². The Morgan fingerprint density at radius 3 is 2.64 bits per heavy atom. The van der Waals surface area contributed by atoms with Crippen LogP contribution in [0.15, 0.2) is 60.9 Å². The molecule has 0 amide bonds. The van der Waals surface area contributed by atoms with E-state index in [2.05, 4.69) is 4.98 Å². The number of rotatable bonds is 2. The molecule has 5 heteroatoms. The molecule has 0 aliphatic heterocycles. The SMILES string of the molecule is Cc1cccc(-n2cnc3cc(Cl)ccc32)c1-c1ccc(F)cc1Cl. The van der Waals surface area contributed by atoms with E-state index in [-0.39, 0.29) is 5.82 Å². The highest BCUT2D eigenvalue weighted by Crippen LogP contribution is 2.36. The Kier molecular flexibility index (Phi) is 3.98. The van der Waals surface area contributed by atoms with Gasteiger partial charge in [0, 0.05) is 16.1 Å². The molecule has 0 aliphatic rings. The first kappa shape index (κ1) is 16.1. The van der Waals surface area contributed by atoms with E-state index in [1.165, 1.54) is 12.1 Å². The number of hydrogen-bond acceptors (Lipinski definition) is 1. The lowest BCUT2D eigenvalue weighted by molar-refractivity contribution is 0.628. The molecular weight excluding hydrogens is 358 g/mol. The third-order valence-electron chi connectivity index (χ3n) is 4.22. The van der Waals surface area contributed by atoms with Crippen LogP contribution in [-0.2, 0) is 0 Å². The molecular formula is C20H13Cl2FN2. The third-order valence-corrected chi connectivity index (χ3v) is 4.77. The molecule has 0 fully saturated rings. The van der Waals surface area contributed by atoms with Crippen LogP contribution in [0.1, 0.15) is 5.56 Å². The minimum absolute atomic E-state index is 0.355. The Bertz CT molecular complexity index is 1100. The number of aromatic nitrogens is 2. The number of halogens is 3. The van der Waals surface area contributed by atoms with Crippen LogP contribution in [-0.4, -0.2) is 9.55 Å². The van der Waals surface area contributed by atoms with Crippen LogP contribution < -0.4 is 0 Å². The van der Waals surface area contributed by atoms with Gasteiger partial charge in [-0.2, -0.15) is 0 Å². The lowest BCUT2D eigenvalue weighted by atomic mass is 9.98. The van der Waals surface area contributed by atoms with E-state index in [4.69, 9.17) is 23.2 Å². The van der Waals surface area contributed by atoms with Crippen LogP contribution in [0.25, 0.3) is 27.8 Å². The summed E-state index contributed by atoms with van der Waals surface area (Å²) in [6, 6.07) is 16.0. The van der Waals surface area contributed by atoms with Gasteiger partial charge in [0.1, 0.15) is 12.1 Å². The van der Waals surface area contributed by atoms with E-state index >= 15 is 0 Å². The van der Waals surface area contributed by atoms with Crippen molar-refractivity contribution in [3.8, 4) is 16.8 Å². The van der Waals surface area contributed by atoms with Crippen molar-refractivity contribution < 1.29 is 4.39 Å². The van der Waals surface area contributed by atoms with Crippen LogP contribution in [0.5, 0.6) is 0 Å². The molecule has 4 aromatic rings. The molecule has 0 atom stereocenters. The second-order valence-electron chi connectivity index (χ2n) is 5.84. The molecule has 3 aromatic carbocycles. The lowest BCUT2D eigenvalue weighted by Crippen LogP contribution is -1.98. The van der Waals surface area contributed by atoms with Gasteiger partial charge in [-0.05, 0) is 55.0 Å². The van der Waals surface area contributed by atoms with Gasteiger partial charge < -0.3 is 0 Å². The number of aryl methyl sites for hydroxylation is 1. The molecule has 0 spiro atoms. The second-order valence-corrected chi connectivity index (χ2v) is 6.68. The summed E-state index contributed by atoms with van der Waals surface area (Å²) in [7, 11) is 0. The first-order chi connectivity index (χ1) is 12.0. The smallest absolute Gasteiger partial charge is 0.124 e. The van der Waals surface area contributed by atoms with Crippen molar-refractivity contribution in [3.63, 3.8) is 0 Å². The van der Waals surface area contributed by atoms with E-state index in [1.807, 2.05) is 47.9 Å².